The maximum Gasteiger partial charge on any atom is 0.191 e. The van der Waals surface area contributed by atoms with Crippen molar-refractivity contribution in [3.63, 3.8) is 0 Å². The molecule has 0 aliphatic carbocycles. The van der Waals surface area contributed by atoms with Crippen LogP contribution in [0.3, 0.4) is 0 Å². The maximum absolute atomic E-state index is 14.3. The van der Waals surface area contributed by atoms with Crippen LogP contribution in [-0.4, -0.2) is 56.0 Å². The van der Waals surface area contributed by atoms with Gasteiger partial charge in [-0.3, -0.25) is 4.99 Å². The van der Waals surface area contributed by atoms with Gasteiger partial charge >= 0.3 is 0 Å². The Morgan fingerprint density at radius 3 is 2.78 bits per heavy atom. The molecule has 1 aromatic heterocycles. The van der Waals surface area contributed by atoms with E-state index in [-0.39, 0.29) is 29.8 Å². The standard InChI is InChI=1S/C18H26FN5O2.HI/c1-20-18(22-6-3-9-26-11-10-25-2)23-13-15-4-5-17(16(19)12-15)24-8-7-21-14-24;/h4-5,7-8,12,14H,3,6,9-11,13H2,1-2H3,(H2,20,22,23);1H. The molecule has 0 saturated heterocycles. The monoisotopic (exact) mass is 491 g/mol. The van der Waals surface area contributed by atoms with Gasteiger partial charge in [-0.15, -0.1) is 24.0 Å². The predicted octanol–water partition coefficient (Wildman–Crippen LogP) is 2.35. The average molecular weight is 491 g/mol. The molecule has 27 heavy (non-hydrogen) atoms. The van der Waals surface area contributed by atoms with E-state index in [0.717, 1.165) is 18.5 Å². The fraction of sp³-hybridized carbons (Fsp3) is 0.444. The van der Waals surface area contributed by atoms with Gasteiger partial charge in [-0.05, 0) is 24.1 Å². The lowest BCUT2D eigenvalue weighted by molar-refractivity contribution is 0.0698. The molecule has 1 aromatic carbocycles. The van der Waals surface area contributed by atoms with Gasteiger partial charge in [-0.25, -0.2) is 9.37 Å². The second kappa shape index (κ2) is 13.4. The van der Waals surface area contributed by atoms with Gasteiger partial charge in [0.05, 0.1) is 25.2 Å². The number of guanidine groups is 1. The average Bonchev–Trinajstić information content (AvgIpc) is 3.18. The number of nitrogens with zero attached hydrogens (tertiary/aromatic N) is 3. The number of ether oxygens (including phenoxy) is 2. The molecule has 0 radical (unpaired) electrons. The van der Waals surface area contributed by atoms with E-state index < -0.39 is 0 Å². The van der Waals surface area contributed by atoms with E-state index in [2.05, 4.69) is 20.6 Å². The van der Waals surface area contributed by atoms with Crippen LogP contribution in [-0.2, 0) is 16.0 Å². The van der Waals surface area contributed by atoms with Crippen LogP contribution >= 0.6 is 24.0 Å². The van der Waals surface area contributed by atoms with Crippen LogP contribution in [0.4, 0.5) is 4.39 Å². The first-order chi connectivity index (χ1) is 12.7. The summed E-state index contributed by atoms with van der Waals surface area (Å²) in [6.45, 7) is 3.08. The Morgan fingerprint density at radius 2 is 2.11 bits per heavy atom. The third-order valence-corrected chi connectivity index (χ3v) is 3.67. The van der Waals surface area contributed by atoms with Crippen molar-refractivity contribution < 1.29 is 13.9 Å². The van der Waals surface area contributed by atoms with Crippen LogP contribution in [0, 0.1) is 5.82 Å². The third-order valence-electron chi connectivity index (χ3n) is 3.67. The van der Waals surface area contributed by atoms with Crippen LogP contribution in [0.15, 0.2) is 41.9 Å². The first kappa shape index (κ1) is 23.3. The topological polar surface area (TPSA) is 72.7 Å². The number of benzene rings is 1. The normalized spacial score (nSPS) is 11.1. The molecule has 7 nitrogen and oxygen atoms in total. The summed E-state index contributed by atoms with van der Waals surface area (Å²) in [5, 5.41) is 6.37. The first-order valence-corrected chi connectivity index (χ1v) is 8.52. The van der Waals surface area contributed by atoms with Gasteiger partial charge in [-0.1, -0.05) is 6.07 Å². The zero-order valence-corrected chi connectivity index (χ0v) is 18.0. The molecule has 0 unspecified atom stereocenters. The Balaban J connectivity index is 0.00000364. The lowest BCUT2D eigenvalue weighted by Crippen LogP contribution is -2.37. The van der Waals surface area contributed by atoms with E-state index in [0.29, 0.717) is 38.0 Å². The molecule has 9 heteroatoms. The van der Waals surface area contributed by atoms with Crippen LogP contribution in [0.2, 0.25) is 0 Å². The number of aliphatic imine (C=N–C) groups is 1. The molecule has 0 atom stereocenters. The second-order valence-electron chi connectivity index (χ2n) is 5.57. The van der Waals surface area contributed by atoms with Gasteiger partial charge in [0.1, 0.15) is 5.82 Å². The van der Waals surface area contributed by atoms with Crippen molar-refractivity contribution in [2.45, 2.75) is 13.0 Å². The molecule has 0 fully saturated rings. The minimum Gasteiger partial charge on any atom is -0.382 e. The Kier molecular flexibility index (Phi) is 11.6. The summed E-state index contributed by atoms with van der Waals surface area (Å²) in [7, 11) is 3.35. The van der Waals surface area contributed by atoms with Crippen molar-refractivity contribution >= 4 is 29.9 Å². The summed E-state index contributed by atoms with van der Waals surface area (Å²) in [6.07, 6.45) is 5.76. The van der Waals surface area contributed by atoms with Gasteiger partial charge < -0.3 is 24.7 Å². The van der Waals surface area contributed by atoms with Gasteiger partial charge in [0.15, 0.2) is 5.96 Å². The summed E-state index contributed by atoms with van der Waals surface area (Å²) in [5.41, 5.74) is 1.31. The minimum atomic E-state index is -0.293. The first-order valence-electron chi connectivity index (χ1n) is 8.52. The second-order valence-corrected chi connectivity index (χ2v) is 5.57. The number of hydrogen-bond donors (Lipinski definition) is 2. The molecule has 0 amide bonds. The van der Waals surface area contributed by atoms with Crippen LogP contribution in [0.5, 0.6) is 0 Å². The number of methoxy groups -OCH3 is 1. The summed E-state index contributed by atoms with van der Waals surface area (Å²) >= 11 is 0. The van der Waals surface area contributed by atoms with E-state index in [9.17, 15) is 4.39 Å². The van der Waals surface area contributed by atoms with E-state index in [1.807, 2.05) is 6.07 Å². The van der Waals surface area contributed by atoms with Crippen molar-refractivity contribution in [1.29, 1.82) is 0 Å². The Morgan fingerprint density at radius 1 is 1.26 bits per heavy atom. The Hall–Kier alpha value is -1.72. The van der Waals surface area contributed by atoms with Crippen LogP contribution < -0.4 is 10.6 Å². The highest BCUT2D eigenvalue weighted by Crippen LogP contribution is 2.14. The summed E-state index contributed by atoms with van der Waals surface area (Å²) in [6, 6.07) is 5.13. The van der Waals surface area contributed by atoms with Gasteiger partial charge in [0.2, 0.25) is 0 Å². The van der Waals surface area contributed by atoms with Crippen molar-refractivity contribution in [3.05, 3.63) is 48.3 Å². The van der Waals surface area contributed by atoms with E-state index in [1.165, 1.54) is 6.07 Å². The highest BCUT2D eigenvalue weighted by atomic mass is 127. The number of imidazole rings is 1. The molecular weight excluding hydrogens is 464 g/mol. The molecule has 0 aliphatic heterocycles. The van der Waals surface area contributed by atoms with E-state index in [4.69, 9.17) is 9.47 Å². The SMILES string of the molecule is CN=C(NCCCOCCOC)NCc1ccc(-n2ccnc2)c(F)c1.I. The van der Waals surface area contributed by atoms with Crippen molar-refractivity contribution in [2.75, 3.05) is 40.5 Å². The molecule has 0 saturated carbocycles. The van der Waals surface area contributed by atoms with Gasteiger partial charge in [0, 0.05) is 46.2 Å². The minimum absolute atomic E-state index is 0. The molecule has 1 heterocycles. The third kappa shape index (κ3) is 8.22. The van der Waals surface area contributed by atoms with Gasteiger partial charge in [-0.2, -0.15) is 0 Å². The predicted molar refractivity (Wildman–Crippen MR) is 114 cm³/mol. The maximum atomic E-state index is 14.3. The summed E-state index contributed by atoms with van der Waals surface area (Å²) < 4.78 is 26.2. The summed E-state index contributed by atoms with van der Waals surface area (Å²) in [4.78, 5) is 8.09. The largest absolute Gasteiger partial charge is 0.382 e. The quantitative estimate of drug-likeness (QED) is 0.231. The fourth-order valence-corrected chi connectivity index (χ4v) is 2.30. The lowest BCUT2D eigenvalue weighted by Gasteiger charge is -2.13. The Labute approximate surface area is 176 Å². The van der Waals surface area contributed by atoms with E-state index >= 15 is 0 Å². The number of rotatable bonds is 10. The molecule has 0 spiro atoms. The molecule has 2 aromatic rings. The van der Waals surface area contributed by atoms with Gasteiger partial charge in [0.25, 0.3) is 0 Å². The zero-order valence-electron chi connectivity index (χ0n) is 15.7. The number of halogens is 2. The molecule has 0 aliphatic rings. The summed E-state index contributed by atoms with van der Waals surface area (Å²) in [5.74, 6) is 0.374. The highest BCUT2D eigenvalue weighted by Gasteiger charge is 2.06. The lowest BCUT2D eigenvalue weighted by atomic mass is 10.2. The number of nitrogens with one attached hydrogen (secondary N) is 2. The smallest absolute Gasteiger partial charge is 0.191 e. The zero-order chi connectivity index (χ0) is 18.6. The van der Waals surface area contributed by atoms with Crippen molar-refractivity contribution in [3.8, 4) is 5.69 Å². The molecule has 2 rings (SSSR count). The number of aromatic nitrogens is 2. The van der Waals surface area contributed by atoms with Crippen molar-refractivity contribution in [1.82, 2.24) is 20.2 Å². The molecule has 2 N–H and O–H groups in total. The molecular formula is C18H27FIN5O2. The highest BCUT2D eigenvalue weighted by molar-refractivity contribution is 14.0. The number of hydrogen-bond acceptors (Lipinski definition) is 4. The Bertz CT molecular complexity index is 682. The van der Waals surface area contributed by atoms with Crippen molar-refractivity contribution in [2.24, 2.45) is 4.99 Å². The molecule has 150 valence electrons. The van der Waals surface area contributed by atoms with Crippen LogP contribution in [0.1, 0.15) is 12.0 Å². The fourth-order valence-electron chi connectivity index (χ4n) is 2.30. The molecule has 0 bridgehead atoms. The van der Waals surface area contributed by atoms with Crippen LogP contribution in [0.25, 0.3) is 5.69 Å². The van der Waals surface area contributed by atoms with E-state index in [1.54, 1.807) is 43.5 Å².